The van der Waals surface area contributed by atoms with Gasteiger partial charge in [0.25, 0.3) is 0 Å². The molecule has 0 saturated heterocycles. The van der Waals surface area contributed by atoms with Crippen LogP contribution in [0.3, 0.4) is 0 Å². The van der Waals surface area contributed by atoms with Crippen molar-refractivity contribution in [1.82, 2.24) is 24.5 Å². The smallest absolute Gasteiger partial charge is 0.247 e. The Hall–Kier alpha value is -3.82. The SMILES string of the molecule is Cc1nn(CC(=O)Nc2nn(Cc3ccc(F)cc3Cl)cc2Cl)c2nccc(-c3ccc(F)cc3)c12. The van der Waals surface area contributed by atoms with Gasteiger partial charge in [-0.05, 0) is 53.9 Å². The molecule has 3 heterocycles. The Labute approximate surface area is 214 Å². The summed E-state index contributed by atoms with van der Waals surface area (Å²) in [6.45, 7) is 1.94. The molecule has 7 nitrogen and oxygen atoms in total. The first-order valence-electron chi connectivity index (χ1n) is 10.8. The van der Waals surface area contributed by atoms with Crippen LogP contribution in [0.2, 0.25) is 10.0 Å². The first-order chi connectivity index (χ1) is 17.3. The van der Waals surface area contributed by atoms with Crippen molar-refractivity contribution in [3.05, 3.63) is 93.9 Å². The summed E-state index contributed by atoms with van der Waals surface area (Å²) in [5.74, 6) is -0.987. The number of aromatic nitrogens is 5. The zero-order valence-electron chi connectivity index (χ0n) is 18.8. The van der Waals surface area contributed by atoms with Gasteiger partial charge in [-0.25, -0.2) is 18.4 Å². The van der Waals surface area contributed by atoms with Crippen molar-refractivity contribution in [1.29, 1.82) is 0 Å². The lowest BCUT2D eigenvalue weighted by Gasteiger charge is -2.06. The third-order valence-corrected chi connectivity index (χ3v) is 6.21. The summed E-state index contributed by atoms with van der Waals surface area (Å²) in [5, 5.41) is 12.8. The zero-order chi connectivity index (χ0) is 25.4. The van der Waals surface area contributed by atoms with Gasteiger partial charge < -0.3 is 5.32 Å². The second-order valence-corrected chi connectivity index (χ2v) is 8.93. The number of anilines is 1. The number of aryl methyl sites for hydroxylation is 1. The average molecular weight is 527 g/mol. The molecular weight excluding hydrogens is 509 g/mol. The molecule has 0 saturated carbocycles. The first-order valence-corrected chi connectivity index (χ1v) is 11.6. The summed E-state index contributed by atoms with van der Waals surface area (Å²) in [5.41, 5.74) is 3.51. The van der Waals surface area contributed by atoms with Crippen molar-refractivity contribution in [2.24, 2.45) is 0 Å². The van der Waals surface area contributed by atoms with E-state index in [-0.39, 0.29) is 34.8 Å². The predicted molar refractivity (Wildman–Crippen MR) is 134 cm³/mol. The molecule has 0 atom stereocenters. The predicted octanol–water partition coefficient (Wildman–Crippen LogP) is 5.88. The molecule has 0 spiro atoms. The van der Waals surface area contributed by atoms with Crippen LogP contribution in [0.5, 0.6) is 0 Å². The number of benzene rings is 2. The zero-order valence-corrected chi connectivity index (χ0v) is 20.4. The molecular formula is C25H18Cl2F2N6O. The molecule has 0 bridgehead atoms. The standard InChI is InChI=1S/C25H18Cl2F2N6O/c1-14-23-19(15-2-5-17(28)6-3-15)8-9-30-25(23)35(32-14)13-22(36)31-24-21(27)12-34(33-24)11-16-4-7-18(29)10-20(16)26/h2-10,12H,11,13H2,1H3,(H,31,33,36). The number of pyridine rings is 1. The molecule has 0 fully saturated rings. The minimum atomic E-state index is -0.434. The molecule has 0 aliphatic carbocycles. The van der Waals surface area contributed by atoms with Gasteiger partial charge in [0.15, 0.2) is 11.5 Å². The van der Waals surface area contributed by atoms with Gasteiger partial charge in [0.1, 0.15) is 23.2 Å². The highest BCUT2D eigenvalue weighted by molar-refractivity contribution is 6.33. The van der Waals surface area contributed by atoms with Gasteiger partial charge in [0, 0.05) is 22.8 Å². The minimum absolute atomic E-state index is 0.128. The summed E-state index contributed by atoms with van der Waals surface area (Å²) in [4.78, 5) is 17.2. The Morgan fingerprint density at radius 2 is 1.75 bits per heavy atom. The molecule has 2 aromatic carbocycles. The summed E-state index contributed by atoms with van der Waals surface area (Å²) in [6.07, 6.45) is 3.16. The molecule has 0 radical (unpaired) electrons. The highest BCUT2D eigenvalue weighted by atomic mass is 35.5. The fraction of sp³-hybridized carbons (Fsp3) is 0.120. The molecule has 3 aromatic heterocycles. The molecule has 0 unspecified atom stereocenters. The number of carbonyl (C=O) groups is 1. The minimum Gasteiger partial charge on any atom is -0.306 e. The molecule has 0 aliphatic rings. The topological polar surface area (TPSA) is 77.6 Å². The Kier molecular flexibility index (Phi) is 6.42. The maximum atomic E-state index is 13.4. The van der Waals surface area contributed by atoms with Crippen LogP contribution in [0.15, 0.2) is 60.9 Å². The second kappa shape index (κ2) is 9.67. The largest absolute Gasteiger partial charge is 0.306 e. The number of fused-ring (bicyclic) bond motifs is 1. The van der Waals surface area contributed by atoms with E-state index in [9.17, 15) is 13.6 Å². The molecule has 5 aromatic rings. The number of halogens is 4. The van der Waals surface area contributed by atoms with E-state index >= 15 is 0 Å². The van der Waals surface area contributed by atoms with Gasteiger partial charge in [-0.3, -0.25) is 9.48 Å². The normalized spacial score (nSPS) is 11.2. The van der Waals surface area contributed by atoms with E-state index in [2.05, 4.69) is 20.5 Å². The number of carbonyl (C=O) groups excluding carboxylic acids is 1. The lowest BCUT2D eigenvalue weighted by atomic mass is 10.0. The maximum Gasteiger partial charge on any atom is 0.247 e. The number of rotatable bonds is 6. The third-order valence-electron chi connectivity index (χ3n) is 5.58. The third kappa shape index (κ3) is 4.80. The van der Waals surface area contributed by atoms with Crippen molar-refractivity contribution in [2.45, 2.75) is 20.0 Å². The molecule has 11 heteroatoms. The van der Waals surface area contributed by atoms with Crippen molar-refractivity contribution >= 4 is 46.0 Å². The van der Waals surface area contributed by atoms with Crippen molar-refractivity contribution in [3.8, 4) is 11.1 Å². The summed E-state index contributed by atoms with van der Waals surface area (Å²) >= 11 is 12.4. The van der Waals surface area contributed by atoms with Crippen LogP contribution >= 0.6 is 23.2 Å². The molecule has 1 amide bonds. The second-order valence-electron chi connectivity index (χ2n) is 8.11. The quantitative estimate of drug-likeness (QED) is 0.300. The lowest BCUT2D eigenvalue weighted by Crippen LogP contribution is -2.20. The lowest BCUT2D eigenvalue weighted by molar-refractivity contribution is -0.116. The van der Waals surface area contributed by atoms with Gasteiger partial charge in [-0.2, -0.15) is 10.2 Å². The monoisotopic (exact) mass is 526 g/mol. The summed E-state index contributed by atoms with van der Waals surface area (Å²) in [6, 6.07) is 12.1. The Morgan fingerprint density at radius 1 is 1.00 bits per heavy atom. The fourth-order valence-electron chi connectivity index (χ4n) is 3.96. The number of nitrogens with one attached hydrogen (secondary N) is 1. The van der Waals surface area contributed by atoms with Crippen LogP contribution in [0.25, 0.3) is 22.2 Å². The van der Waals surface area contributed by atoms with Crippen LogP contribution in [0.4, 0.5) is 14.6 Å². The fourth-order valence-corrected chi connectivity index (χ4v) is 4.38. The van der Waals surface area contributed by atoms with Gasteiger partial charge in [-0.1, -0.05) is 41.4 Å². The molecule has 5 rings (SSSR count). The number of hydrogen-bond donors (Lipinski definition) is 1. The van der Waals surface area contributed by atoms with Gasteiger partial charge in [0.05, 0.1) is 12.2 Å². The van der Waals surface area contributed by atoms with Crippen LogP contribution in [-0.4, -0.2) is 30.5 Å². The van der Waals surface area contributed by atoms with Crippen LogP contribution in [0.1, 0.15) is 11.3 Å². The molecule has 36 heavy (non-hydrogen) atoms. The van der Waals surface area contributed by atoms with Crippen LogP contribution in [-0.2, 0) is 17.9 Å². The maximum absolute atomic E-state index is 13.4. The Bertz CT molecular complexity index is 1600. The average Bonchev–Trinajstić information content (AvgIpc) is 3.34. The highest BCUT2D eigenvalue weighted by Gasteiger charge is 2.18. The van der Waals surface area contributed by atoms with Gasteiger partial charge >= 0.3 is 0 Å². The Morgan fingerprint density at radius 3 is 2.50 bits per heavy atom. The van der Waals surface area contributed by atoms with Crippen molar-refractivity contribution < 1.29 is 13.6 Å². The van der Waals surface area contributed by atoms with E-state index in [4.69, 9.17) is 23.2 Å². The summed E-state index contributed by atoms with van der Waals surface area (Å²) in [7, 11) is 0. The molecule has 1 N–H and O–H groups in total. The highest BCUT2D eigenvalue weighted by Crippen LogP contribution is 2.30. The van der Waals surface area contributed by atoms with E-state index in [0.29, 0.717) is 16.9 Å². The first kappa shape index (κ1) is 23.9. The Balaban J connectivity index is 1.35. The van der Waals surface area contributed by atoms with Crippen molar-refractivity contribution in [2.75, 3.05) is 5.32 Å². The van der Waals surface area contributed by atoms with E-state index in [1.807, 2.05) is 13.0 Å². The van der Waals surface area contributed by atoms with Crippen LogP contribution in [0, 0.1) is 18.6 Å². The summed E-state index contributed by atoms with van der Waals surface area (Å²) < 4.78 is 29.7. The molecule has 0 aliphatic heterocycles. The number of hydrogen-bond acceptors (Lipinski definition) is 4. The van der Waals surface area contributed by atoms with E-state index in [1.165, 1.54) is 33.6 Å². The molecule has 182 valence electrons. The van der Waals surface area contributed by atoms with Gasteiger partial charge in [-0.15, -0.1) is 0 Å². The number of amides is 1. The van der Waals surface area contributed by atoms with E-state index in [1.54, 1.807) is 30.6 Å². The van der Waals surface area contributed by atoms with Crippen LogP contribution < -0.4 is 5.32 Å². The van der Waals surface area contributed by atoms with Gasteiger partial charge in [0.2, 0.25) is 5.91 Å². The van der Waals surface area contributed by atoms with E-state index in [0.717, 1.165) is 16.5 Å². The van der Waals surface area contributed by atoms with Crippen molar-refractivity contribution in [3.63, 3.8) is 0 Å². The number of nitrogens with zero attached hydrogens (tertiary/aromatic N) is 5. The van der Waals surface area contributed by atoms with E-state index < -0.39 is 11.7 Å².